The lowest BCUT2D eigenvalue weighted by Crippen LogP contribution is -2.28. The van der Waals surface area contributed by atoms with Gasteiger partial charge in [0, 0.05) is 12.0 Å². The van der Waals surface area contributed by atoms with E-state index in [4.69, 9.17) is 4.74 Å². The number of amides is 1. The highest BCUT2D eigenvalue weighted by atomic mass is 16.5. The first-order valence-corrected chi connectivity index (χ1v) is 6.09. The van der Waals surface area contributed by atoms with E-state index in [1.165, 1.54) is 0 Å². The zero-order chi connectivity index (χ0) is 13.8. The number of carbonyl (C=O) groups is 1. The second-order valence-corrected chi connectivity index (χ2v) is 5.13. The molecule has 0 aromatic carbocycles. The Morgan fingerprint density at radius 3 is 2.39 bits per heavy atom. The highest BCUT2D eigenvalue weighted by Crippen LogP contribution is 2.18. The summed E-state index contributed by atoms with van der Waals surface area (Å²) in [5.41, 5.74) is 0.487. The summed E-state index contributed by atoms with van der Waals surface area (Å²) < 4.78 is 5.20. The molecule has 18 heavy (non-hydrogen) atoms. The molecule has 0 saturated heterocycles. The number of hydrogen-bond donors (Lipinski definition) is 1. The fraction of sp³-hybridized carbons (Fsp3) is 0.615. The Bertz CT molecular complexity index is 396. The molecule has 1 amide bonds. The monoisotopic (exact) mass is 251 g/mol. The van der Waals surface area contributed by atoms with Gasteiger partial charge < -0.3 is 10.1 Å². The molecule has 1 heterocycles. The van der Waals surface area contributed by atoms with E-state index in [0.29, 0.717) is 12.3 Å². The van der Waals surface area contributed by atoms with Gasteiger partial charge in [-0.2, -0.15) is 0 Å². The Balaban J connectivity index is 2.67. The van der Waals surface area contributed by atoms with Gasteiger partial charge >= 0.3 is 0 Å². The molecule has 1 atom stereocenters. The average molecular weight is 251 g/mol. The van der Waals surface area contributed by atoms with E-state index in [1.807, 2.05) is 27.7 Å². The van der Waals surface area contributed by atoms with Crippen LogP contribution in [0.4, 0.5) is 5.69 Å². The van der Waals surface area contributed by atoms with E-state index >= 15 is 0 Å². The molecule has 5 nitrogen and oxygen atoms in total. The molecule has 1 unspecified atom stereocenters. The summed E-state index contributed by atoms with van der Waals surface area (Å²) in [5.74, 6) is 0.558. The smallest absolute Gasteiger partial charge is 0.253 e. The van der Waals surface area contributed by atoms with Crippen molar-refractivity contribution in [3.05, 3.63) is 18.2 Å². The van der Waals surface area contributed by atoms with Gasteiger partial charge in [0.15, 0.2) is 0 Å². The average Bonchev–Trinajstić information content (AvgIpc) is 2.28. The minimum absolute atomic E-state index is 0.0961. The highest BCUT2D eigenvalue weighted by molar-refractivity contribution is 5.93. The zero-order valence-corrected chi connectivity index (χ0v) is 11.7. The number of ether oxygens (including phenoxy) is 1. The molecule has 0 fully saturated rings. The third-order valence-corrected chi connectivity index (χ3v) is 2.38. The zero-order valence-electron chi connectivity index (χ0n) is 11.7. The minimum Gasteiger partial charge on any atom is -0.369 e. The molecule has 0 aliphatic rings. The lowest BCUT2D eigenvalue weighted by atomic mass is 9.96. The van der Waals surface area contributed by atoms with Crippen molar-refractivity contribution in [2.75, 3.05) is 11.9 Å². The summed E-state index contributed by atoms with van der Waals surface area (Å²) in [6.07, 6.45) is 2.76. The second kappa shape index (κ2) is 5.91. The van der Waals surface area contributed by atoms with Gasteiger partial charge in [-0.25, -0.2) is 9.97 Å². The molecule has 5 heteroatoms. The van der Waals surface area contributed by atoms with E-state index in [-0.39, 0.29) is 11.3 Å². The first-order chi connectivity index (χ1) is 8.34. The number of aromatic nitrogens is 2. The fourth-order valence-corrected chi connectivity index (χ4v) is 1.35. The quantitative estimate of drug-likeness (QED) is 0.890. The third kappa shape index (κ3) is 4.07. The summed E-state index contributed by atoms with van der Waals surface area (Å²) in [5, 5.41) is 2.72. The van der Waals surface area contributed by atoms with Crippen LogP contribution >= 0.6 is 0 Å². The van der Waals surface area contributed by atoms with E-state index in [9.17, 15) is 4.79 Å². The van der Waals surface area contributed by atoms with Gasteiger partial charge in [0.2, 0.25) is 0 Å². The molecule has 0 saturated carbocycles. The SMILES string of the molecule is CCOC(C)C(=O)Nc1cnc(C(C)(C)C)nc1. The van der Waals surface area contributed by atoms with Gasteiger partial charge in [-0.1, -0.05) is 20.8 Å². The Hall–Kier alpha value is -1.49. The van der Waals surface area contributed by atoms with Crippen molar-refractivity contribution in [3.8, 4) is 0 Å². The molecule has 0 spiro atoms. The van der Waals surface area contributed by atoms with Gasteiger partial charge in [0.05, 0.1) is 18.1 Å². The third-order valence-electron chi connectivity index (χ3n) is 2.38. The van der Waals surface area contributed by atoms with Crippen LogP contribution in [0.2, 0.25) is 0 Å². The molecule has 0 aliphatic heterocycles. The van der Waals surface area contributed by atoms with Gasteiger partial charge in [0.25, 0.3) is 5.91 Å². The Kier molecular flexibility index (Phi) is 4.78. The molecule has 1 N–H and O–H groups in total. The maximum Gasteiger partial charge on any atom is 0.253 e. The number of rotatable bonds is 4. The predicted molar refractivity (Wildman–Crippen MR) is 70.4 cm³/mol. The normalized spacial score (nSPS) is 13.2. The molecule has 100 valence electrons. The van der Waals surface area contributed by atoms with Crippen molar-refractivity contribution < 1.29 is 9.53 Å². The lowest BCUT2D eigenvalue weighted by Gasteiger charge is -2.16. The number of carbonyl (C=O) groups excluding carboxylic acids is 1. The second-order valence-electron chi connectivity index (χ2n) is 5.13. The van der Waals surface area contributed by atoms with Crippen LogP contribution in [0, 0.1) is 0 Å². The summed E-state index contributed by atoms with van der Waals surface area (Å²) in [6.45, 7) is 10.2. The number of nitrogens with one attached hydrogen (secondary N) is 1. The summed E-state index contributed by atoms with van der Waals surface area (Å²) >= 11 is 0. The Labute approximate surface area is 108 Å². The Morgan fingerprint density at radius 1 is 1.39 bits per heavy atom. The van der Waals surface area contributed by atoms with Crippen molar-refractivity contribution in [2.45, 2.75) is 46.1 Å². The van der Waals surface area contributed by atoms with Crippen LogP contribution in [0.25, 0.3) is 0 Å². The first kappa shape index (κ1) is 14.6. The molecule has 0 radical (unpaired) electrons. The van der Waals surface area contributed by atoms with Crippen LogP contribution in [-0.2, 0) is 14.9 Å². The van der Waals surface area contributed by atoms with Crippen molar-refractivity contribution in [1.29, 1.82) is 0 Å². The van der Waals surface area contributed by atoms with Gasteiger partial charge in [0.1, 0.15) is 11.9 Å². The highest BCUT2D eigenvalue weighted by Gasteiger charge is 2.17. The summed E-state index contributed by atoms with van der Waals surface area (Å²) in [4.78, 5) is 20.2. The molecular weight excluding hydrogens is 230 g/mol. The van der Waals surface area contributed by atoms with Crippen molar-refractivity contribution >= 4 is 11.6 Å². The maximum absolute atomic E-state index is 11.7. The van der Waals surface area contributed by atoms with E-state index in [2.05, 4.69) is 15.3 Å². The largest absolute Gasteiger partial charge is 0.369 e. The topological polar surface area (TPSA) is 64.1 Å². The van der Waals surface area contributed by atoms with Crippen molar-refractivity contribution in [3.63, 3.8) is 0 Å². The van der Waals surface area contributed by atoms with Gasteiger partial charge in [-0.3, -0.25) is 4.79 Å². The van der Waals surface area contributed by atoms with Gasteiger partial charge in [-0.15, -0.1) is 0 Å². The van der Waals surface area contributed by atoms with E-state index in [1.54, 1.807) is 19.3 Å². The van der Waals surface area contributed by atoms with Crippen molar-refractivity contribution in [1.82, 2.24) is 9.97 Å². The lowest BCUT2D eigenvalue weighted by molar-refractivity contribution is -0.126. The number of hydrogen-bond acceptors (Lipinski definition) is 4. The minimum atomic E-state index is -0.475. The van der Waals surface area contributed by atoms with E-state index < -0.39 is 6.10 Å². The molecule has 0 bridgehead atoms. The summed E-state index contributed by atoms with van der Waals surface area (Å²) in [7, 11) is 0. The van der Waals surface area contributed by atoms with Crippen LogP contribution in [-0.4, -0.2) is 28.6 Å². The molecule has 1 rings (SSSR count). The fourth-order valence-electron chi connectivity index (χ4n) is 1.35. The Morgan fingerprint density at radius 2 is 1.94 bits per heavy atom. The number of nitrogens with zero attached hydrogens (tertiary/aromatic N) is 2. The van der Waals surface area contributed by atoms with Crippen LogP contribution in [0.3, 0.4) is 0 Å². The van der Waals surface area contributed by atoms with Crippen molar-refractivity contribution in [2.24, 2.45) is 0 Å². The summed E-state index contributed by atoms with van der Waals surface area (Å²) in [6, 6.07) is 0. The van der Waals surface area contributed by atoms with Gasteiger partial charge in [-0.05, 0) is 13.8 Å². The first-order valence-electron chi connectivity index (χ1n) is 6.09. The van der Waals surface area contributed by atoms with Crippen LogP contribution in [0.5, 0.6) is 0 Å². The van der Waals surface area contributed by atoms with Crippen LogP contribution in [0.1, 0.15) is 40.4 Å². The molecular formula is C13H21N3O2. The predicted octanol–water partition coefficient (Wildman–Crippen LogP) is 2.14. The molecule has 0 aliphatic carbocycles. The van der Waals surface area contributed by atoms with E-state index in [0.717, 1.165) is 5.82 Å². The maximum atomic E-state index is 11.7. The van der Waals surface area contributed by atoms with Crippen LogP contribution < -0.4 is 5.32 Å². The number of anilines is 1. The molecule has 1 aromatic rings. The molecule has 1 aromatic heterocycles. The van der Waals surface area contributed by atoms with Crippen LogP contribution in [0.15, 0.2) is 12.4 Å². The standard InChI is InChI=1S/C13H21N3O2/c1-6-18-9(2)11(17)16-10-7-14-12(15-8-10)13(3,4)5/h7-9H,6H2,1-5H3,(H,16,17).